The quantitative estimate of drug-likeness (QED) is 0.531. The Bertz CT molecular complexity index is 227. The zero-order chi connectivity index (χ0) is 16.1. The lowest BCUT2D eigenvalue weighted by Gasteiger charge is -2.26. The Labute approximate surface area is 131 Å². The van der Waals surface area contributed by atoms with E-state index in [1.807, 2.05) is 0 Å². The molecule has 1 atom stereocenters. The van der Waals surface area contributed by atoms with E-state index in [1.54, 1.807) is 7.11 Å². The molecule has 0 aliphatic heterocycles. The maximum atomic E-state index is 5.66. The molecular weight excluding hydrogens is 266 g/mol. The molecule has 0 bridgehead atoms. The minimum atomic E-state index is 0.186. The molecule has 0 heterocycles. The van der Waals surface area contributed by atoms with E-state index in [-0.39, 0.29) is 5.54 Å². The van der Waals surface area contributed by atoms with Crippen LogP contribution in [-0.4, -0.2) is 52.2 Å². The Hall–Kier alpha value is -0.160. The fraction of sp³-hybridized carbons (Fsp3) is 1.00. The summed E-state index contributed by atoms with van der Waals surface area (Å²) < 4.78 is 16.0. The van der Waals surface area contributed by atoms with E-state index in [9.17, 15) is 0 Å². The number of ether oxygens (including phenoxy) is 3. The topological polar surface area (TPSA) is 39.7 Å². The highest BCUT2D eigenvalue weighted by Gasteiger charge is 2.15. The second kappa shape index (κ2) is 12.4. The highest BCUT2D eigenvalue weighted by atomic mass is 16.5. The molecule has 128 valence electrons. The van der Waals surface area contributed by atoms with Crippen molar-refractivity contribution >= 4 is 0 Å². The number of rotatable bonds is 13. The zero-order valence-electron chi connectivity index (χ0n) is 15.0. The van der Waals surface area contributed by atoms with Gasteiger partial charge in [0.1, 0.15) is 0 Å². The fourth-order valence-corrected chi connectivity index (χ4v) is 2.13. The summed E-state index contributed by atoms with van der Waals surface area (Å²) in [6.07, 6.45) is 2.36. The molecule has 0 aliphatic carbocycles. The lowest BCUT2D eigenvalue weighted by molar-refractivity contribution is 0.0212. The molecule has 0 amide bonds. The van der Waals surface area contributed by atoms with E-state index >= 15 is 0 Å². The van der Waals surface area contributed by atoms with Crippen LogP contribution in [0.15, 0.2) is 0 Å². The molecule has 0 rings (SSSR count). The average Bonchev–Trinajstić information content (AvgIpc) is 2.37. The van der Waals surface area contributed by atoms with Gasteiger partial charge < -0.3 is 19.5 Å². The fourth-order valence-electron chi connectivity index (χ4n) is 2.13. The summed E-state index contributed by atoms with van der Waals surface area (Å²) in [5.74, 6) is 1.41. The molecule has 0 aromatic heterocycles. The Balaban J connectivity index is 3.71. The number of hydrogen-bond donors (Lipinski definition) is 1. The van der Waals surface area contributed by atoms with Gasteiger partial charge in [0.2, 0.25) is 0 Å². The second-order valence-electron chi connectivity index (χ2n) is 7.13. The molecule has 4 nitrogen and oxygen atoms in total. The van der Waals surface area contributed by atoms with Crippen molar-refractivity contribution < 1.29 is 14.2 Å². The number of methoxy groups -OCH3 is 1. The third kappa shape index (κ3) is 16.0. The van der Waals surface area contributed by atoms with Crippen LogP contribution in [0.5, 0.6) is 0 Å². The van der Waals surface area contributed by atoms with Crippen molar-refractivity contribution in [1.82, 2.24) is 5.32 Å². The van der Waals surface area contributed by atoms with E-state index in [4.69, 9.17) is 14.2 Å². The standard InChI is InChI=1S/C17H37NO3/c1-15(2)13-16(14-18-17(3,4)5)7-8-20-11-12-21-10-9-19-6/h15-16,18H,7-14H2,1-6H3. The molecule has 0 aromatic rings. The molecule has 0 aliphatic rings. The first-order chi connectivity index (χ1) is 9.85. The highest BCUT2D eigenvalue weighted by molar-refractivity contribution is 4.74. The normalized spacial score (nSPS) is 13.9. The third-order valence-corrected chi connectivity index (χ3v) is 3.20. The Morgan fingerprint density at radius 3 is 2.00 bits per heavy atom. The zero-order valence-corrected chi connectivity index (χ0v) is 15.0. The minimum absolute atomic E-state index is 0.186. The van der Waals surface area contributed by atoms with Gasteiger partial charge in [-0.3, -0.25) is 0 Å². The van der Waals surface area contributed by atoms with Crippen molar-refractivity contribution in [1.29, 1.82) is 0 Å². The van der Waals surface area contributed by atoms with Gasteiger partial charge in [-0.15, -0.1) is 0 Å². The first-order valence-corrected chi connectivity index (χ1v) is 8.24. The first kappa shape index (κ1) is 20.8. The van der Waals surface area contributed by atoms with Gasteiger partial charge in [-0.1, -0.05) is 13.8 Å². The molecule has 0 aromatic carbocycles. The Kier molecular flexibility index (Phi) is 12.3. The van der Waals surface area contributed by atoms with Crippen LogP contribution < -0.4 is 5.32 Å². The molecule has 0 spiro atoms. The molecule has 0 saturated carbocycles. The highest BCUT2D eigenvalue weighted by Crippen LogP contribution is 2.16. The Morgan fingerprint density at radius 1 is 0.905 bits per heavy atom. The predicted molar refractivity (Wildman–Crippen MR) is 88.8 cm³/mol. The summed E-state index contributed by atoms with van der Waals surface area (Å²) in [4.78, 5) is 0. The molecule has 0 fully saturated rings. The van der Waals surface area contributed by atoms with Crippen LogP contribution in [-0.2, 0) is 14.2 Å². The Morgan fingerprint density at radius 2 is 1.48 bits per heavy atom. The summed E-state index contributed by atoms with van der Waals surface area (Å²) in [7, 11) is 1.68. The molecular formula is C17H37NO3. The van der Waals surface area contributed by atoms with Crippen LogP contribution in [0.25, 0.3) is 0 Å². The van der Waals surface area contributed by atoms with Crippen LogP contribution in [0, 0.1) is 11.8 Å². The van der Waals surface area contributed by atoms with Crippen LogP contribution in [0.1, 0.15) is 47.5 Å². The van der Waals surface area contributed by atoms with E-state index in [2.05, 4.69) is 39.9 Å². The van der Waals surface area contributed by atoms with Gasteiger partial charge in [-0.2, -0.15) is 0 Å². The first-order valence-electron chi connectivity index (χ1n) is 8.24. The molecule has 0 radical (unpaired) electrons. The van der Waals surface area contributed by atoms with Crippen molar-refractivity contribution in [2.75, 3.05) is 46.7 Å². The molecule has 1 unspecified atom stereocenters. The van der Waals surface area contributed by atoms with E-state index < -0.39 is 0 Å². The summed E-state index contributed by atoms with van der Waals surface area (Å²) in [5, 5.41) is 3.61. The van der Waals surface area contributed by atoms with Crippen LogP contribution in [0.3, 0.4) is 0 Å². The monoisotopic (exact) mass is 303 g/mol. The second-order valence-corrected chi connectivity index (χ2v) is 7.13. The number of nitrogens with one attached hydrogen (secondary N) is 1. The summed E-state index contributed by atoms with van der Waals surface area (Å²) >= 11 is 0. The van der Waals surface area contributed by atoms with Crippen LogP contribution in [0.4, 0.5) is 0 Å². The predicted octanol–water partition coefficient (Wildman–Crippen LogP) is 3.11. The largest absolute Gasteiger partial charge is 0.382 e. The third-order valence-electron chi connectivity index (χ3n) is 3.20. The van der Waals surface area contributed by atoms with Crippen molar-refractivity contribution in [3.63, 3.8) is 0 Å². The van der Waals surface area contributed by atoms with Gasteiger partial charge in [-0.25, -0.2) is 0 Å². The lowest BCUT2D eigenvalue weighted by atomic mass is 9.93. The van der Waals surface area contributed by atoms with Gasteiger partial charge >= 0.3 is 0 Å². The van der Waals surface area contributed by atoms with Gasteiger partial charge in [-0.05, 0) is 52.0 Å². The molecule has 4 heteroatoms. The van der Waals surface area contributed by atoms with E-state index in [0.29, 0.717) is 32.3 Å². The van der Waals surface area contributed by atoms with Crippen LogP contribution in [0.2, 0.25) is 0 Å². The lowest BCUT2D eigenvalue weighted by Crippen LogP contribution is -2.39. The maximum Gasteiger partial charge on any atom is 0.0701 e. The van der Waals surface area contributed by atoms with Crippen molar-refractivity contribution in [2.24, 2.45) is 11.8 Å². The minimum Gasteiger partial charge on any atom is -0.382 e. The van der Waals surface area contributed by atoms with Crippen molar-refractivity contribution in [3.05, 3.63) is 0 Å². The summed E-state index contributed by atoms with van der Waals surface area (Å²) in [6.45, 7) is 15.7. The summed E-state index contributed by atoms with van der Waals surface area (Å²) in [5.41, 5.74) is 0.186. The maximum absolute atomic E-state index is 5.66. The molecule has 21 heavy (non-hydrogen) atoms. The smallest absolute Gasteiger partial charge is 0.0701 e. The van der Waals surface area contributed by atoms with Gasteiger partial charge in [0.25, 0.3) is 0 Å². The van der Waals surface area contributed by atoms with Crippen LogP contribution >= 0.6 is 0 Å². The van der Waals surface area contributed by atoms with Crippen molar-refractivity contribution in [3.8, 4) is 0 Å². The van der Waals surface area contributed by atoms with Gasteiger partial charge in [0, 0.05) is 19.3 Å². The van der Waals surface area contributed by atoms with E-state index in [0.717, 1.165) is 25.5 Å². The van der Waals surface area contributed by atoms with Crippen molar-refractivity contribution in [2.45, 2.75) is 53.0 Å². The van der Waals surface area contributed by atoms with Gasteiger partial charge in [0.05, 0.1) is 26.4 Å². The van der Waals surface area contributed by atoms with Gasteiger partial charge in [0.15, 0.2) is 0 Å². The van der Waals surface area contributed by atoms with E-state index in [1.165, 1.54) is 6.42 Å². The molecule has 1 N–H and O–H groups in total. The molecule has 0 saturated heterocycles. The average molecular weight is 303 g/mol. The summed E-state index contributed by atoms with van der Waals surface area (Å²) in [6, 6.07) is 0. The SMILES string of the molecule is COCCOCCOCCC(CNC(C)(C)C)CC(C)C. The number of hydrogen-bond acceptors (Lipinski definition) is 4.